The Balaban J connectivity index is 2.17. The molecule has 1 amide bonds. The van der Waals surface area contributed by atoms with Crippen LogP contribution in [0, 0.1) is 11.8 Å². The van der Waals surface area contributed by atoms with Crippen molar-refractivity contribution >= 4 is 21.8 Å². The van der Waals surface area contributed by atoms with E-state index in [4.69, 9.17) is 0 Å². The van der Waals surface area contributed by atoms with Gasteiger partial charge in [-0.2, -0.15) is 0 Å². The maximum absolute atomic E-state index is 11.1. The van der Waals surface area contributed by atoms with Crippen LogP contribution >= 0.6 is 15.9 Å². The zero-order valence-electron chi connectivity index (χ0n) is 6.56. The molecule has 2 unspecified atom stereocenters. The van der Waals surface area contributed by atoms with Crippen molar-refractivity contribution in [3.8, 4) is 0 Å². The molecule has 62 valence electrons. The van der Waals surface area contributed by atoms with E-state index in [-0.39, 0.29) is 11.8 Å². The number of hydrogen-bond donors (Lipinski definition) is 1. The highest BCUT2D eigenvalue weighted by Gasteiger charge is 2.38. The van der Waals surface area contributed by atoms with Crippen molar-refractivity contribution in [1.82, 2.24) is 5.32 Å². The Labute approximate surface area is 75.2 Å². The molecule has 0 aromatic carbocycles. The summed E-state index contributed by atoms with van der Waals surface area (Å²) in [5.41, 5.74) is 0. The molecular formula is C8H12BrNO. The lowest BCUT2D eigenvalue weighted by Gasteiger charge is -2.01. The van der Waals surface area contributed by atoms with Crippen molar-refractivity contribution in [1.29, 1.82) is 0 Å². The van der Waals surface area contributed by atoms with Gasteiger partial charge >= 0.3 is 0 Å². The van der Waals surface area contributed by atoms with E-state index in [1.54, 1.807) is 0 Å². The van der Waals surface area contributed by atoms with Gasteiger partial charge in [0.2, 0.25) is 5.91 Å². The lowest BCUT2D eigenvalue weighted by Crippen LogP contribution is -2.26. The van der Waals surface area contributed by atoms with Gasteiger partial charge in [-0.25, -0.2) is 0 Å². The Kier molecular flexibility index (Phi) is 2.71. The van der Waals surface area contributed by atoms with Gasteiger partial charge in [0.1, 0.15) is 0 Å². The van der Waals surface area contributed by atoms with Crippen LogP contribution in [-0.4, -0.2) is 12.5 Å². The van der Waals surface area contributed by atoms with Crippen LogP contribution in [0.3, 0.4) is 0 Å². The predicted molar refractivity (Wildman–Crippen MR) is 48.3 cm³/mol. The summed E-state index contributed by atoms with van der Waals surface area (Å²) in [6.07, 6.45) is 1.04. The molecule has 1 aliphatic rings. The first kappa shape index (κ1) is 8.78. The lowest BCUT2D eigenvalue weighted by atomic mass is 10.3. The number of carbonyl (C=O) groups is 1. The first-order chi connectivity index (χ1) is 5.11. The molecule has 0 saturated heterocycles. The molecule has 1 aliphatic carbocycles. The van der Waals surface area contributed by atoms with Crippen molar-refractivity contribution in [3.05, 3.63) is 11.1 Å². The van der Waals surface area contributed by atoms with Gasteiger partial charge in [-0.1, -0.05) is 29.4 Å². The summed E-state index contributed by atoms with van der Waals surface area (Å²) in [4.78, 5) is 11.1. The largest absolute Gasteiger partial charge is 0.351 e. The quantitative estimate of drug-likeness (QED) is 0.766. The van der Waals surface area contributed by atoms with E-state index in [2.05, 4.69) is 34.7 Å². The standard InChI is InChI=1S/C8H12BrNO/c1-5-3-7(5)8(11)10-4-6(2)9/h5,7H,2-4H2,1H3,(H,10,11). The van der Waals surface area contributed by atoms with Gasteiger partial charge in [-0.05, 0) is 12.3 Å². The minimum absolute atomic E-state index is 0.165. The Hall–Kier alpha value is -0.310. The molecule has 0 aliphatic heterocycles. The van der Waals surface area contributed by atoms with Crippen molar-refractivity contribution < 1.29 is 4.79 Å². The fraction of sp³-hybridized carbons (Fsp3) is 0.625. The number of nitrogens with one attached hydrogen (secondary N) is 1. The molecule has 0 spiro atoms. The summed E-state index contributed by atoms with van der Waals surface area (Å²) in [6.45, 7) is 6.26. The van der Waals surface area contributed by atoms with E-state index >= 15 is 0 Å². The van der Waals surface area contributed by atoms with Gasteiger partial charge in [0.15, 0.2) is 0 Å². The Morgan fingerprint density at radius 2 is 2.36 bits per heavy atom. The van der Waals surface area contributed by atoms with Crippen LogP contribution in [0.25, 0.3) is 0 Å². The first-order valence-electron chi connectivity index (χ1n) is 3.72. The zero-order valence-corrected chi connectivity index (χ0v) is 8.15. The fourth-order valence-corrected chi connectivity index (χ4v) is 1.14. The molecule has 2 nitrogen and oxygen atoms in total. The van der Waals surface area contributed by atoms with E-state index in [9.17, 15) is 4.79 Å². The van der Waals surface area contributed by atoms with Crippen LogP contribution in [0.4, 0.5) is 0 Å². The van der Waals surface area contributed by atoms with Gasteiger partial charge < -0.3 is 5.32 Å². The number of rotatable bonds is 3. The monoisotopic (exact) mass is 217 g/mol. The molecule has 2 atom stereocenters. The third-order valence-corrected chi connectivity index (χ3v) is 2.18. The summed E-state index contributed by atoms with van der Waals surface area (Å²) in [5, 5.41) is 2.79. The molecule has 0 bridgehead atoms. The highest BCUT2D eigenvalue weighted by atomic mass is 79.9. The van der Waals surface area contributed by atoms with Crippen molar-refractivity contribution in [2.45, 2.75) is 13.3 Å². The third-order valence-electron chi connectivity index (χ3n) is 1.90. The van der Waals surface area contributed by atoms with E-state index < -0.39 is 0 Å². The minimum Gasteiger partial charge on any atom is -0.351 e. The van der Waals surface area contributed by atoms with Gasteiger partial charge in [0.05, 0.1) is 0 Å². The minimum atomic E-state index is 0.165. The topological polar surface area (TPSA) is 29.1 Å². The van der Waals surface area contributed by atoms with E-state index in [1.807, 2.05) is 0 Å². The Morgan fingerprint density at radius 3 is 2.73 bits per heavy atom. The second-order valence-corrected chi connectivity index (χ2v) is 4.18. The molecule has 1 fully saturated rings. The average Bonchev–Trinajstić information content (AvgIpc) is 2.61. The van der Waals surface area contributed by atoms with Crippen LogP contribution in [0.1, 0.15) is 13.3 Å². The summed E-state index contributed by atoms with van der Waals surface area (Å²) in [5.74, 6) is 1.01. The second-order valence-electron chi connectivity index (χ2n) is 3.05. The highest BCUT2D eigenvalue weighted by molar-refractivity contribution is 9.11. The maximum atomic E-state index is 11.1. The van der Waals surface area contributed by atoms with Crippen molar-refractivity contribution in [3.63, 3.8) is 0 Å². The highest BCUT2D eigenvalue weighted by Crippen LogP contribution is 2.37. The van der Waals surface area contributed by atoms with Crippen molar-refractivity contribution in [2.75, 3.05) is 6.54 Å². The van der Waals surface area contributed by atoms with Gasteiger partial charge in [-0.15, -0.1) is 0 Å². The summed E-state index contributed by atoms with van der Waals surface area (Å²) < 4.78 is 0.819. The molecule has 1 saturated carbocycles. The van der Waals surface area contributed by atoms with Gasteiger partial charge in [0.25, 0.3) is 0 Å². The fourth-order valence-electron chi connectivity index (χ4n) is 1.00. The van der Waals surface area contributed by atoms with E-state index in [0.29, 0.717) is 12.5 Å². The SMILES string of the molecule is C=C(Br)CNC(=O)C1CC1C. The average molecular weight is 218 g/mol. The van der Waals surface area contributed by atoms with Crippen LogP contribution in [-0.2, 0) is 4.79 Å². The van der Waals surface area contributed by atoms with Crippen LogP contribution in [0.5, 0.6) is 0 Å². The molecule has 1 N–H and O–H groups in total. The third kappa shape index (κ3) is 2.66. The number of hydrogen-bond acceptors (Lipinski definition) is 1. The van der Waals surface area contributed by atoms with Crippen LogP contribution in [0.15, 0.2) is 11.1 Å². The maximum Gasteiger partial charge on any atom is 0.223 e. The number of amides is 1. The second kappa shape index (κ2) is 3.39. The molecule has 0 aromatic heterocycles. The predicted octanol–water partition coefficient (Wildman–Crippen LogP) is 1.67. The molecular weight excluding hydrogens is 206 g/mol. The Morgan fingerprint density at radius 1 is 1.82 bits per heavy atom. The molecule has 1 rings (SSSR count). The molecule has 0 heterocycles. The molecule has 3 heteroatoms. The zero-order chi connectivity index (χ0) is 8.43. The summed E-state index contributed by atoms with van der Waals surface area (Å²) >= 11 is 3.18. The molecule has 0 radical (unpaired) electrons. The number of carbonyl (C=O) groups excluding carboxylic acids is 1. The van der Waals surface area contributed by atoms with Gasteiger partial charge in [-0.3, -0.25) is 4.79 Å². The lowest BCUT2D eigenvalue weighted by molar-refractivity contribution is -0.122. The van der Waals surface area contributed by atoms with Crippen LogP contribution in [0.2, 0.25) is 0 Å². The smallest absolute Gasteiger partial charge is 0.223 e. The van der Waals surface area contributed by atoms with Crippen molar-refractivity contribution in [2.24, 2.45) is 11.8 Å². The summed E-state index contributed by atoms with van der Waals surface area (Å²) in [7, 11) is 0. The van der Waals surface area contributed by atoms with E-state index in [1.165, 1.54) is 0 Å². The molecule has 11 heavy (non-hydrogen) atoms. The van der Waals surface area contributed by atoms with E-state index in [0.717, 1.165) is 10.9 Å². The van der Waals surface area contributed by atoms with Gasteiger partial charge in [0, 0.05) is 16.9 Å². The molecule has 0 aromatic rings. The van der Waals surface area contributed by atoms with Crippen LogP contribution < -0.4 is 5.32 Å². The normalized spacial score (nSPS) is 27.8. The first-order valence-corrected chi connectivity index (χ1v) is 4.51. The Bertz CT molecular complexity index is 191. The summed E-state index contributed by atoms with van der Waals surface area (Å²) in [6, 6.07) is 0. The number of halogens is 1.